The summed E-state index contributed by atoms with van der Waals surface area (Å²) in [7, 11) is 2.04. The first kappa shape index (κ1) is 32.1. The van der Waals surface area contributed by atoms with Crippen LogP contribution in [-0.4, -0.2) is 80.9 Å². The highest BCUT2D eigenvalue weighted by Gasteiger charge is 2.40. The average Bonchev–Trinajstić information content (AvgIpc) is 2.66. The van der Waals surface area contributed by atoms with E-state index >= 15 is 0 Å². The molecule has 0 N–H and O–H groups in total. The number of aromatic nitrogens is 2. The molecule has 1 aromatic rings. The van der Waals surface area contributed by atoms with Crippen LogP contribution in [0.4, 0.5) is 13.2 Å². The van der Waals surface area contributed by atoms with Gasteiger partial charge in [0.2, 0.25) is 0 Å². The van der Waals surface area contributed by atoms with Crippen LogP contribution >= 0.6 is 0 Å². The number of hydrogen-bond acceptors (Lipinski definition) is 8. The fourth-order valence-electron chi connectivity index (χ4n) is 2.92. The van der Waals surface area contributed by atoms with Crippen LogP contribution < -0.4 is 10.3 Å². The number of carbonyl (C=O) groups is 1. The molecule has 0 saturated heterocycles. The van der Waals surface area contributed by atoms with Crippen molar-refractivity contribution in [2.45, 2.75) is 77.5 Å². The molecule has 13 heteroatoms. The third kappa shape index (κ3) is 12.8. The maximum atomic E-state index is 13.8. The molecule has 0 aliphatic rings. The summed E-state index contributed by atoms with van der Waals surface area (Å²) in [5, 5.41) is 3.82. The fourth-order valence-corrected chi connectivity index (χ4v) is 3.68. The Balaban J connectivity index is 2.94. The van der Waals surface area contributed by atoms with Crippen LogP contribution in [-0.2, 0) is 31.9 Å². The topological polar surface area (TPSA) is 92.1 Å². The van der Waals surface area contributed by atoms with Gasteiger partial charge in [0.05, 0.1) is 25.8 Å². The smallest absolute Gasteiger partial charge is 0.425 e. The van der Waals surface area contributed by atoms with E-state index in [1.807, 2.05) is 0 Å². The SMILES string of the molecule is CN(C)CC(COCCC(=O)OC(C)(C)C)Oc1cnn(COCC[Si](C)(C)C)c(=O)c1C(F)(F)F. The predicted octanol–water partition coefficient (Wildman–Crippen LogP) is 3.63. The van der Waals surface area contributed by atoms with Crippen molar-refractivity contribution < 1.29 is 36.9 Å². The number of ether oxygens (including phenoxy) is 4. The Labute approximate surface area is 211 Å². The van der Waals surface area contributed by atoms with E-state index < -0.39 is 48.8 Å². The summed E-state index contributed by atoms with van der Waals surface area (Å²) in [6.45, 7) is 11.7. The largest absolute Gasteiger partial charge is 0.484 e. The van der Waals surface area contributed by atoms with Crippen LogP contribution in [0.5, 0.6) is 5.75 Å². The van der Waals surface area contributed by atoms with Crippen molar-refractivity contribution >= 4 is 14.0 Å². The molecule has 0 aliphatic heterocycles. The van der Waals surface area contributed by atoms with Crippen LogP contribution in [0.3, 0.4) is 0 Å². The van der Waals surface area contributed by atoms with Crippen LogP contribution in [0, 0.1) is 0 Å². The molecule has 0 aliphatic carbocycles. The van der Waals surface area contributed by atoms with E-state index in [2.05, 4.69) is 24.7 Å². The monoisotopic (exact) mass is 539 g/mol. The number of halogens is 3. The second-order valence-corrected chi connectivity index (χ2v) is 16.6. The number of nitrogens with zero attached hydrogens (tertiary/aromatic N) is 3. The molecule has 1 atom stereocenters. The third-order valence-electron chi connectivity index (χ3n) is 4.54. The first-order valence-electron chi connectivity index (χ1n) is 11.7. The number of rotatable bonds is 14. The summed E-state index contributed by atoms with van der Waals surface area (Å²) >= 11 is 0. The van der Waals surface area contributed by atoms with E-state index in [1.54, 1.807) is 39.8 Å². The second-order valence-electron chi connectivity index (χ2n) is 10.9. The van der Waals surface area contributed by atoms with Crippen molar-refractivity contribution in [3.63, 3.8) is 0 Å². The zero-order valence-electron chi connectivity index (χ0n) is 22.5. The number of hydrogen-bond donors (Lipinski definition) is 0. The maximum absolute atomic E-state index is 13.8. The van der Waals surface area contributed by atoms with Gasteiger partial charge >= 0.3 is 12.1 Å². The molecule has 0 spiro atoms. The van der Waals surface area contributed by atoms with Gasteiger partial charge in [-0.15, -0.1) is 0 Å². The number of esters is 1. The lowest BCUT2D eigenvalue weighted by atomic mass is 10.2. The normalized spacial score (nSPS) is 13.7. The van der Waals surface area contributed by atoms with Gasteiger partial charge in [0.1, 0.15) is 18.4 Å². The van der Waals surface area contributed by atoms with Crippen molar-refractivity contribution in [3.8, 4) is 5.75 Å². The molecule has 9 nitrogen and oxygen atoms in total. The van der Waals surface area contributed by atoms with E-state index in [1.165, 1.54) is 0 Å². The van der Waals surface area contributed by atoms with E-state index in [0.717, 1.165) is 12.2 Å². The third-order valence-corrected chi connectivity index (χ3v) is 6.24. The first-order valence-corrected chi connectivity index (χ1v) is 15.5. The van der Waals surface area contributed by atoms with Gasteiger partial charge in [-0.2, -0.15) is 18.3 Å². The van der Waals surface area contributed by atoms with E-state index in [9.17, 15) is 22.8 Å². The standard InChI is InChI=1S/C23H40F3N3O6Si/c1-22(2,3)35-19(30)9-10-32-15-17(14-28(4)5)34-18-13-27-29(16-33-11-12-36(6,7)8)21(31)20(18)23(24,25)26/h13,17H,9-12,14-16H2,1-8H3. The van der Waals surface area contributed by atoms with Gasteiger partial charge in [-0.1, -0.05) is 19.6 Å². The molecule has 1 aromatic heterocycles. The van der Waals surface area contributed by atoms with Gasteiger partial charge in [0.25, 0.3) is 5.56 Å². The highest BCUT2D eigenvalue weighted by atomic mass is 28.3. The molecule has 1 rings (SSSR count). The van der Waals surface area contributed by atoms with Gasteiger partial charge in [-0.25, -0.2) is 4.68 Å². The summed E-state index contributed by atoms with van der Waals surface area (Å²) in [5.74, 6) is -1.14. The Kier molecular flexibility index (Phi) is 12.1. The molecule has 0 amide bonds. The van der Waals surface area contributed by atoms with Crippen molar-refractivity contribution in [3.05, 3.63) is 22.1 Å². The quantitative estimate of drug-likeness (QED) is 0.201. The Morgan fingerprint density at radius 1 is 1.14 bits per heavy atom. The average molecular weight is 540 g/mol. The zero-order valence-corrected chi connectivity index (χ0v) is 23.5. The predicted molar refractivity (Wildman–Crippen MR) is 132 cm³/mol. The van der Waals surface area contributed by atoms with Crippen LogP contribution in [0.15, 0.2) is 11.0 Å². The Bertz CT molecular complexity index is 895. The molecule has 1 heterocycles. The molecule has 208 valence electrons. The summed E-state index contributed by atoms with van der Waals surface area (Å²) < 4.78 is 63.7. The van der Waals surface area contributed by atoms with Gasteiger partial charge in [-0.05, 0) is 40.9 Å². The molecular weight excluding hydrogens is 499 g/mol. The van der Waals surface area contributed by atoms with Gasteiger partial charge in [0, 0.05) is 21.2 Å². The van der Waals surface area contributed by atoms with Crippen molar-refractivity contribution in [2.75, 3.05) is 40.5 Å². The summed E-state index contributed by atoms with van der Waals surface area (Å²) in [5.41, 5.74) is -3.43. The Hall–Kier alpha value is -1.96. The van der Waals surface area contributed by atoms with Crippen molar-refractivity contribution in [1.82, 2.24) is 14.7 Å². The maximum Gasteiger partial charge on any atom is 0.425 e. The molecule has 0 aromatic carbocycles. The van der Waals surface area contributed by atoms with Gasteiger partial charge < -0.3 is 23.8 Å². The summed E-state index contributed by atoms with van der Waals surface area (Å²) in [6, 6.07) is 0.801. The minimum atomic E-state index is -4.96. The Morgan fingerprint density at radius 2 is 1.78 bits per heavy atom. The molecule has 0 radical (unpaired) electrons. The highest BCUT2D eigenvalue weighted by Crippen LogP contribution is 2.33. The van der Waals surface area contributed by atoms with E-state index in [4.69, 9.17) is 18.9 Å². The lowest BCUT2D eigenvalue weighted by molar-refractivity contribution is -0.156. The van der Waals surface area contributed by atoms with E-state index in [-0.39, 0.29) is 32.9 Å². The lowest BCUT2D eigenvalue weighted by Gasteiger charge is -2.24. The zero-order chi connectivity index (χ0) is 27.7. The van der Waals surface area contributed by atoms with Crippen molar-refractivity contribution in [1.29, 1.82) is 0 Å². The molecule has 1 unspecified atom stereocenters. The van der Waals surface area contributed by atoms with E-state index in [0.29, 0.717) is 11.3 Å². The van der Waals surface area contributed by atoms with Gasteiger partial charge in [-0.3, -0.25) is 9.59 Å². The minimum Gasteiger partial charge on any atom is -0.484 e. The molecular formula is C23H40F3N3O6Si. The number of carbonyl (C=O) groups excluding carboxylic acids is 1. The summed E-state index contributed by atoms with van der Waals surface area (Å²) in [6.07, 6.45) is -4.97. The second kappa shape index (κ2) is 13.5. The summed E-state index contributed by atoms with van der Waals surface area (Å²) in [4.78, 5) is 26.1. The molecule has 0 saturated carbocycles. The fraction of sp³-hybridized carbons (Fsp3) is 0.783. The highest BCUT2D eigenvalue weighted by molar-refractivity contribution is 6.76. The van der Waals surface area contributed by atoms with Crippen LogP contribution in [0.25, 0.3) is 0 Å². The lowest BCUT2D eigenvalue weighted by Crippen LogP contribution is -2.38. The van der Waals surface area contributed by atoms with Gasteiger partial charge in [0.15, 0.2) is 11.3 Å². The number of alkyl halides is 3. The van der Waals surface area contributed by atoms with Crippen LogP contribution in [0.2, 0.25) is 25.7 Å². The molecule has 0 fully saturated rings. The minimum absolute atomic E-state index is 0.00291. The molecule has 0 bridgehead atoms. The number of likely N-dealkylation sites (N-methyl/N-ethyl adjacent to an activating group) is 1. The van der Waals surface area contributed by atoms with Crippen LogP contribution in [0.1, 0.15) is 32.8 Å². The Morgan fingerprint density at radius 3 is 2.31 bits per heavy atom. The van der Waals surface area contributed by atoms with Crippen molar-refractivity contribution in [2.24, 2.45) is 0 Å². The molecule has 36 heavy (non-hydrogen) atoms. The first-order chi connectivity index (χ1) is 16.4.